The highest BCUT2D eigenvalue weighted by Crippen LogP contribution is 2.37. The molecule has 0 saturated carbocycles. The van der Waals surface area contributed by atoms with Crippen LogP contribution in [0.3, 0.4) is 0 Å². The van der Waals surface area contributed by atoms with Crippen LogP contribution in [0.5, 0.6) is 5.75 Å². The number of fused-ring (bicyclic) bond motifs is 2. The highest BCUT2D eigenvalue weighted by molar-refractivity contribution is 7.21. The van der Waals surface area contributed by atoms with Gasteiger partial charge in [-0.3, -0.25) is 24.9 Å². The van der Waals surface area contributed by atoms with Crippen LogP contribution in [-0.2, 0) is 6.54 Å². The molecule has 1 aliphatic rings. The fourth-order valence-corrected chi connectivity index (χ4v) is 4.99. The summed E-state index contributed by atoms with van der Waals surface area (Å²) >= 11 is 1.23. The standard InChI is InChI=1S/C26H19N7O3S/c1-13-7-17(18-8-15-10-30-23(34)16(15)9-21(18)36-2)19(11-28-13)24(35)33-26-32-22-25(37-26)31-20(12-29-22)14-3-5-27-6-4-14/h3-9,11-12H,10H2,1-2H3,(H,30,34)(H,29,32,33,35). The number of thiazole rings is 1. The molecule has 1 aliphatic heterocycles. The second-order valence-electron chi connectivity index (χ2n) is 8.36. The number of rotatable bonds is 5. The van der Waals surface area contributed by atoms with Gasteiger partial charge in [-0.15, -0.1) is 0 Å². The summed E-state index contributed by atoms with van der Waals surface area (Å²) < 4.78 is 5.59. The van der Waals surface area contributed by atoms with Crippen LogP contribution in [0.25, 0.3) is 32.9 Å². The van der Waals surface area contributed by atoms with Crippen molar-refractivity contribution in [3.8, 4) is 28.1 Å². The number of aromatic nitrogens is 5. The second kappa shape index (κ2) is 9.03. The zero-order valence-electron chi connectivity index (χ0n) is 19.8. The normalized spacial score (nSPS) is 12.3. The molecule has 0 unspecified atom stereocenters. The first-order valence-electron chi connectivity index (χ1n) is 11.3. The van der Waals surface area contributed by atoms with E-state index in [9.17, 15) is 9.59 Å². The fraction of sp³-hybridized carbons (Fsp3) is 0.115. The van der Waals surface area contributed by atoms with Gasteiger partial charge in [-0.1, -0.05) is 11.3 Å². The molecule has 6 rings (SSSR count). The summed E-state index contributed by atoms with van der Waals surface area (Å²) in [6.07, 6.45) is 6.56. The third kappa shape index (κ3) is 4.15. The maximum absolute atomic E-state index is 13.4. The predicted octanol–water partition coefficient (Wildman–Crippen LogP) is 4.02. The van der Waals surface area contributed by atoms with Crippen LogP contribution in [-0.4, -0.2) is 43.8 Å². The lowest BCUT2D eigenvalue weighted by Gasteiger charge is -2.14. The van der Waals surface area contributed by atoms with Crippen molar-refractivity contribution < 1.29 is 14.3 Å². The molecule has 4 aromatic heterocycles. The van der Waals surface area contributed by atoms with Crippen molar-refractivity contribution in [2.45, 2.75) is 13.5 Å². The van der Waals surface area contributed by atoms with Gasteiger partial charge in [-0.2, -0.15) is 4.98 Å². The van der Waals surface area contributed by atoms with Crippen LogP contribution in [0, 0.1) is 6.92 Å². The van der Waals surface area contributed by atoms with Gasteiger partial charge >= 0.3 is 0 Å². The third-order valence-corrected chi connectivity index (χ3v) is 6.86. The molecule has 2 N–H and O–H groups in total. The van der Waals surface area contributed by atoms with E-state index in [0.717, 1.165) is 16.8 Å². The lowest BCUT2D eigenvalue weighted by atomic mass is 9.95. The minimum atomic E-state index is -0.382. The Morgan fingerprint density at radius 2 is 1.89 bits per heavy atom. The van der Waals surface area contributed by atoms with Gasteiger partial charge < -0.3 is 10.1 Å². The van der Waals surface area contributed by atoms with Gasteiger partial charge in [0.25, 0.3) is 11.8 Å². The van der Waals surface area contributed by atoms with E-state index in [2.05, 4.69) is 35.6 Å². The maximum atomic E-state index is 13.4. The molecule has 0 saturated heterocycles. The average Bonchev–Trinajstić information content (AvgIpc) is 3.49. The average molecular weight is 510 g/mol. The molecule has 0 radical (unpaired) electrons. The Labute approximate surface area is 214 Å². The molecule has 0 bridgehead atoms. The molecule has 5 heterocycles. The largest absolute Gasteiger partial charge is 0.496 e. The van der Waals surface area contributed by atoms with Gasteiger partial charge in [-0.05, 0) is 42.8 Å². The number of carbonyl (C=O) groups excluding carboxylic acids is 2. The number of anilines is 1. The summed E-state index contributed by atoms with van der Waals surface area (Å²) in [6.45, 7) is 2.27. The number of carbonyl (C=O) groups is 2. The van der Waals surface area contributed by atoms with Gasteiger partial charge in [0.05, 0.1) is 24.6 Å². The number of aryl methyl sites for hydroxylation is 1. The zero-order chi connectivity index (χ0) is 25.5. The van der Waals surface area contributed by atoms with E-state index in [1.807, 2.05) is 31.2 Å². The fourth-order valence-electron chi connectivity index (χ4n) is 4.20. The number of pyridine rings is 2. The second-order valence-corrected chi connectivity index (χ2v) is 9.33. The van der Waals surface area contributed by atoms with Gasteiger partial charge in [0.15, 0.2) is 15.6 Å². The van der Waals surface area contributed by atoms with Crippen molar-refractivity contribution >= 4 is 38.8 Å². The van der Waals surface area contributed by atoms with E-state index in [1.54, 1.807) is 24.7 Å². The van der Waals surface area contributed by atoms with Gasteiger partial charge in [0, 0.05) is 53.1 Å². The number of ether oxygens (including phenoxy) is 1. The van der Waals surface area contributed by atoms with Crippen LogP contribution in [0.4, 0.5) is 5.13 Å². The topological polar surface area (TPSA) is 132 Å². The smallest absolute Gasteiger partial charge is 0.259 e. The summed E-state index contributed by atoms with van der Waals surface area (Å²) in [4.78, 5) is 48.0. The third-order valence-electron chi connectivity index (χ3n) is 6.00. The van der Waals surface area contributed by atoms with Gasteiger partial charge in [-0.25, -0.2) is 9.97 Å². The van der Waals surface area contributed by atoms with Gasteiger partial charge in [0.1, 0.15) is 5.75 Å². The van der Waals surface area contributed by atoms with Crippen molar-refractivity contribution in [3.05, 3.63) is 77.5 Å². The molecule has 0 atom stereocenters. The quantitative estimate of drug-likeness (QED) is 0.363. The number of nitrogens with one attached hydrogen (secondary N) is 2. The van der Waals surface area contributed by atoms with E-state index in [-0.39, 0.29) is 11.8 Å². The van der Waals surface area contributed by atoms with E-state index in [4.69, 9.17) is 4.74 Å². The molecule has 0 fully saturated rings. The Hall–Kier alpha value is -4.77. The maximum Gasteiger partial charge on any atom is 0.259 e. The molecule has 0 aliphatic carbocycles. The number of hydrogen-bond acceptors (Lipinski definition) is 9. The number of nitrogens with zero attached hydrogens (tertiary/aromatic N) is 5. The van der Waals surface area contributed by atoms with E-state index in [0.29, 0.717) is 55.9 Å². The minimum absolute atomic E-state index is 0.145. The van der Waals surface area contributed by atoms with Crippen LogP contribution >= 0.6 is 11.3 Å². The van der Waals surface area contributed by atoms with Crippen LogP contribution in [0.1, 0.15) is 32.0 Å². The number of hydrogen-bond donors (Lipinski definition) is 2. The SMILES string of the molecule is COc1cc2c(cc1-c1cc(C)ncc1C(=O)Nc1nc3ncc(-c4ccncc4)nc3s1)CNC2=O. The summed E-state index contributed by atoms with van der Waals surface area (Å²) in [6, 6.07) is 9.11. The minimum Gasteiger partial charge on any atom is -0.496 e. The number of amides is 2. The van der Waals surface area contributed by atoms with E-state index < -0.39 is 0 Å². The lowest BCUT2D eigenvalue weighted by Crippen LogP contribution is -2.14. The number of methoxy groups -OCH3 is 1. The molecular formula is C26H19N7O3S. The van der Waals surface area contributed by atoms with Crippen LogP contribution in [0.15, 0.2) is 55.1 Å². The van der Waals surface area contributed by atoms with Crippen molar-refractivity contribution in [2.75, 3.05) is 12.4 Å². The van der Waals surface area contributed by atoms with Crippen LogP contribution in [0.2, 0.25) is 0 Å². The van der Waals surface area contributed by atoms with Gasteiger partial charge in [0.2, 0.25) is 0 Å². The van der Waals surface area contributed by atoms with Crippen LogP contribution < -0.4 is 15.4 Å². The molecule has 37 heavy (non-hydrogen) atoms. The molecule has 182 valence electrons. The Kier molecular flexibility index (Phi) is 5.53. The first kappa shape index (κ1) is 22.7. The summed E-state index contributed by atoms with van der Waals surface area (Å²) in [5.41, 5.74) is 5.85. The summed E-state index contributed by atoms with van der Waals surface area (Å²) in [5, 5.41) is 6.05. The highest BCUT2D eigenvalue weighted by atomic mass is 32.1. The molecule has 10 nitrogen and oxygen atoms in total. The van der Waals surface area contributed by atoms with Crippen molar-refractivity contribution in [2.24, 2.45) is 0 Å². The molecule has 5 aromatic rings. The molecule has 1 aromatic carbocycles. The molecule has 2 amide bonds. The predicted molar refractivity (Wildman–Crippen MR) is 139 cm³/mol. The Morgan fingerprint density at radius 1 is 1.05 bits per heavy atom. The van der Waals surface area contributed by atoms with E-state index >= 15 is 0 Å². The molecule has 0 spiro atoms. The summed E-state index contributed by atoms with van der Waals surface area (Å²) in [5.74, 6) is -0.0333. The Morgan fingerprint density at radius 3 is 2.70 bits per heavy atom. The van der Waals surface area contributed by atoms with Crippen molar-refractivity contribution in [1.82, 2.24) is 30.2 Å². The first-order chi connectivity index (χ1) is 18.0. The highest BCUT2D eigenvalue weighted by Gasteiger charge is 2.25. The Bertz CT molecular complexity index is 1700. The Balaban J connectivity index is 1.35. The monoisotopic (exact) mass is 509 g/mol. The zero-order valence-corrected chi connectivity index (χ0v) is 20.6. The lowest BCUT2D eigenvalue weighted by molar-refractivity contribution is 0.0964. The van der Waals surface area contributed by atoms with Crippen molar-refractivity contribution in [1.29, 1.82) is 0 Å². The molecule has 11 heteroatoms. The van der Waals surface area contributed by atoms with Crippen molar-refractivity contribution in [3.63, 3.8) is 0 Å². The first-order valence-corrected chi connectivity index (χ1v) is 12.1. The summed E-state index contributed by atoms with van der Waals surface area (Å²) in [7, 11) is 1.53. The molecular weight excluding hydrogens is 490 g/mol. The van der Waals surface area contributed by atoms with E-state index in [1.165, 1.54) is 24.6 Å². The number of benzene rings is 1.